The second-order valence-electron chi connectivity index (χ2n) is 11.8. The molecular formula is C32H37F6N3O5Si. The minimum absolute atomic E-state index is 0.0829. The van der Waals surface area contributed by atoms with Gasteiger partial charge >= 0.3 is 27.1 Å². The molecule has 3 aromatic rings. The fourth-order valence-corrected chi connectivity index (χ4v) is 6.29. The number of carbonyl (C=O) groups excluding carboxylic acids is 1. The fourth-order valence-electron chi connectivity index (χ4n) is 5.57. The third-order valence-corrected chi connectivity index (χ3v) is 9.08. The number of benzene rings is 2. The van der Waals surface area contributed by atoms with E-state index in [-0.39, 0.29) is 11.6 Å². The molecule has 0 radical (unpaired) electrons. The van der Waals surface area contributed by atoms with Crippen molar-refractivity contribution in [3.05, 3.63) is 83.3 Å². The van der Waals surface area contributed by atoms with E-state index in [2.05, 4.69) is 15.0 Å². The zero-order chi connectivity index (χ0) is 34.2. The van der Waals surface area contributed by atoms with Crippen LogP contribution in [0, 0.1) is 0 Å². The number of aryl methyl sites for hydroxylation is 1. The molecule has 15 heteroatoms. The molecule has 0 fully saturated rings. The molecule has 0 aliphatic carbocycles. The molecular weight excluding hydrogens is 648 g/mol. The van der Waals surface area contributed by atoms with Crippen molar-refractivity contribution in [1.82, 2.24) is 15.0 Å². The summed E-state index contributed by atoms with van der Waals surface area (Å²) in [4.78, 5) is 39.8. The van der Waals surface area contributed by atoms with Crippen LogP contribution in [0.2, 0.25) is 6.04 Å². The number of cyclic esters (lactones) is 1. The van der Waals surface area contributed by atoms with Crippen molar-refractivity contribution in [2.75, 3.05) is 0 Å². The average Bonchev–Trinajstić information content (AvgIpc) is 3.47. The second-order valence-corrected chi connectivity index (χ2v) is 13.8. The average molecular weight is 686 g/mol. The minimum Gasteiger partial charge on any atom is -0.421 e. The Morgan fingerprint density at radius 2 is 1.30 bits per heavy atom. The molecule has 0 unspecified atom stereocenters. The van der Waals surface area contributed by atoms with Crippen LogP contribution in [0.15, 0.2) is 66.6 Å². The van der Waals surface area contributed by atoms with Crippen LogP contribution < -0.4 is 0 Å². The molecule has 0 saturated carbocycles. The molecule has 1 aromatic heterocycles. The van der Waals surface area contributed by atoms with Gasteiger partial charge < -0.3 is 19.1 Å². The Bertz CT molecular complexity index is 1490. The first-order chi connectivity index (χ1) is 22.1. The molecule has 0 saturated heterocycles. The van der Waals surface area contributed by atoms with Crippen LogP contribution in [0.4, 0.5) is 26.3 Å². The lowest BCUT2D eigenvalue weighted by Crippen LogP contribution is -2.33. The van der Waals surface area contributed by atoms with Gasteiger partial charge in [-0.15, -0.1) is 5.10 Å². The number of hydrogen-bond donors (Lipinski definition) is 3. The monoisotopic (exact) mass is 685 g/mol. The molecule has 0 amide bonds. The number of ether oxygens (including phenoxy) is 1. The number of carbonyl (C=O) groups is 1. The lowest BCUT2D eigenvalue weighted by atomic mass is 9.79. The van der Waals surface area contributed by atoms with Crippen molar-refractivity contribution < 1.29 is 50.3 Å². The maximum absolute atomic E-state index is 13.5. The highest BCUT2D eigenvalue weighted by Crippen LogP contribution is 2.44. The summed E-state index contributed by atoms with van der Waals surface area (Å²) in [5.74, 6) is -5.13. The van der Waals surface area contributed by atoms with Gasteiger partial charge in [0.1, 0.15) is 5.69 Å². The van der Waals surface area contributed by atoms with E-state index in [0.29, 0.717) is 29.8 Å². The standard InChI is InChI=1S/C32H37F6N3O5Si/c33-31(34,35)25-16-14-24(15-17-25)29-26(20-28(32(36,37)38)46-30(29)42)22-10-12-23(13-11-22)27-21-41(40-39-27)18-8-6-4-2-1-3-5-7-9-19-47(43,44)45/h10-17,20-21,26,29,43-45H,1-9,18-19H2/t26-,29-/m1/s1. The molecule has 0 spiro atoms. The van der Waals surface area contributed by atoms with Crippen LogP contribution >= 0.6 is 0 Å². The smallest absolute Gasteiger partial charge is 0.421 e. The number of alkyl halides is 6. The summed E-state index contributed by atoms with van der Waals surface area (Å²) < 4.78 is 86.2. The Morgan fingerprint density at radius 3 is 1.85 bits per heavy atom. The summed E-state index contributed by atoms with van der Waals surface area (Å²) in [6, 6.07) is 10.2. The lowest BCUT2D eigenvalue weighted by molar-refractivity contribution is -0.164. The maximum atomic E-state index is 13.5. The molecule has 8 nitrogen and oxygen atoms in total. The number of hydrogen-bond acceptors (Lipinski definition) is 7. The van der Waals surface area contributed by atoms with Gasteiger partial charge in [-0.25, -0.2) is 0 Å². The Balaban J connectivity index is 1.33. The van der Waals surface area contributed by atoms with Crippen molar-refractivity contribution in [3.8, 4) is 11.3 Å². The van der Waals surface area contributed by atoms with Crippen LogP contribution in [0.25, 0.3) is 11.3 Å². The van der Waals surface area contributed by atoms with Crippen LogP contribution in [0.3, 0.4) is 0 Å². The van der Waals surface area contributed by atoms with E-state index < -0.39 is 50.3 Å². The largest absolute Gasteiger partial charge is 0.492 e. The third kappa shape index (κ3) is 10.7. The zero-order valence-corrected chi connectivity index (χ0v) is 26.5. The lowest BCUT2D eigenvalue weighted by Gasteiger charge is -2.30. The van der Waals surface area contributed by atoms with Crippen LogP contribution in [0.1, 0.15) is 86.3 Å². The highest BCUT2D eigenvalue weighted by Gasteiger charge is 2.45. The summed E-state index contributed by atoms with van der Waals surface area (Å²) in [6.45, 7) is 0.657. The topological polar surface area (TPSA) is 118 Å². The van der Waals surface area contributed by atoms with Gasteiger partial charge in [0.15, 0.2) is 0 Å². The molecule has 256 valence electrons. The first-order valence-electron chi connectivity index (χ1n) is 15.5. The van der Waals surface area contributed by atoms with E-state index in [9.17, 15) is 31.1 Å². The van der Waals surface area contributed by atoms with Gasteiger partial charge in [0.25, 0.3) is 0 Å². The number of allylic oxidation sites excluding steroid dienone is 2. The SMILES string of the molecule is O=C1OC(C(F)(F)F)=C[C@H](c2ccc(-c3cn(CCCCCCCCCCC[Si](O)(O)O)nn3)cc2)[C@H]1c1ccc(C(F)(F)F)cc1. The van der Waals surface area contributed by atoms with Crippen molar-refractivity contribution in [3.63, 3.8) is 0 Å². The van der Waals surface area contributed by atoms with Gasteiger partial charge in [-0.3, -0.25) is 9.48 Å². The van der Waals surface area contributed by atoms with E-state index in [1.165, 1.54) is 0 Å². The molecule has 0 bridgehead atoms. The molecule has 2 aromatic carbocycles. The van der Waals surface area contributed by atoms with Gasteiger partial charge in [-0.1, -0.05) is 86.6 Å². The Morgan fingerprint density at radius 1 is 0.745 bits per heavy atom. The van der Waals surface area contributed by atoms with Crippen molar-refractivity contribution in [2.24, 2.45) is 0 Å². The molecule has 47 heavy (non-hydrogen) atoms. The molecule has 1 aliphatic heterocycles. The summed E-state index contributed by atoms with van der Waals surface area (Å²) in [6.07, 6.45) is 1.68. The number of aromatic nitrogens is 3. The van der Waals surface area contributed by atoms with E-state index in [1.807, 2.05) is 0 Å². The first kappa shape index (κ1) is 36.3. The predicted molar refractivity (Wildman–Crippen MR) is 161 cm³/mol. The Labute approximate surface area is 269 Å². The summed E-state index contributed by atoms with van der Waals surface area (Å²) in [7, 11) is -3.91. The van der Waals surface area contributed by atoms with Gasteiger partial charge in [0, 0.05) is 24.1 Å². The predicted octanol–water partition coefficient (Wildman–Crippen LogP) is 7.26. The summed E-state index contributed by atoms with van der Waals surface area (Å²) in [5, 5.41) is 8.36. The normalized spacial score (nSPS) is 17.5. The summed E-state index contributed by atoms with van der Waals surface area (Å²) >= 11 is 0. The Kier molecular flexibility index (Phi) is 12.0. The van der Waals surface area contributed by atoms with Crippen molar-refractivity contribution in [1.29, 1.82) is 0 Å². The number of unbranched alkanes of at least 4 members (excludes halogenated alkanes) is 8. The maximum Gasteiger partial charge on any atom is 0.492 e. The quantitative estimate of drug-likeness (QED) is 0.0667. The molecule has 4 rings (SSSR count). The van der Waals surface area contributed by atoms with E-state index in [0.717, 1.165) is 81.7 Å². The highest BCUT2D eigenvalue weighted by molar-refractivity contribution is 6.56. The summed E-state index contributed by atoms with van der Waals surface area (Å²) in [5.41, 5.74) is 0.684. The van der Waals surface area contributed by atoms with Crippen molar-refractivity contribution in [2.45, 2.75) is 94.6 Å². The molecule has 2 atom stereocenters. The van der Waals surface area contributed by atoms with E-state index in [1.54, 1.807) is 35.1 Å². The van der Waals surface area contributed by atoms with Gasteiger partial charge in [-0.05, 0) is 42.2 Å². The fraction of sp³-hybridized carbons (Fsp3) is 0.469. The van der Waals surface area contributed by atoms with E-state index >= 15 is 0 Å². The highest BCUT2D eigenvalue weighted by atomic mass is 28.4. The molecule has 3 N–H and O–H groups in total. The number of esters is 1. The number of halogens is 6. The zero-order valence-electron chi connectivity index (χ0n) is 25.5. The molecule has 2 heterocycles. The first-order valence-corrected chi connectivity index (χ1v) is 17.5. The van der Waals surface area contributed by atoms with Gasteiger partial charge in [0.2, 0.25) is 5.76 Å². The van der Waals surface area contributed by atoms with E-state index in [4.69, 9.17) is 14.4 Å². The van der Waals surface area contributed by atoms with Gasteiger partial charge in [0.05, 0.1) is 17.7 Å². The second kappa shape index (κ2) is 15.6. The van der Waals surface area contributed by atoms with Crippen LogP contribution in [-0.4, -0.2) is 50.3 Å². The molecule has 1 aliphatic rings. The number of nitrogens with zero attached hydrogens (tertiary/aromatic N) is 3. The van der Waals surface area contributed by atoms with Gasteiger partial charge in [-0.2, -0.15) is 26.3 Å². The minimum atomic E-state index is -4.93. The number of rotatable bonds is 15. The van der Waals surface area contributed by atoms with Crippen LogP contribution in [0.5, 0.6) is 0 Å². The van der Waals surface area contributed by atoms with Crippen LogP contribution in [-0.2, 0) is 22.3 Å². The third-order valence-electron chi connectivity index (χ3n) is 8.06. The Hall–Kier alpha value is -3.53. The van der Waals surface area contributed by atoms with Crippen molar-refractivity contribution >= 4 is 14.8 Å².